The van der Waals surface area contributed by atoms with Crippen LogP contribution in [0.5, 0.6) is 0 Å². The fraction of sp³-hybridized carbons (Fsp3) is 0.714. The summed E-state index contributed by atoms with van der Waals surface area (Å²) in [5.74, 6) is -1.53. The molecule has 1 saturated carbocycles. The van der Waals surface area contributed by atoms with E-state index in [9.17, 15) is 19.2 Å². The second-order valence-corrected chi connectivity index (χ2v) is 11.9. The highest BCUT2D eigenvalue weighted by Crippen LogP contribution is 2.34. The largest absolute Gasteiger partial charge is 0.467 e. The number of nitrogens with zero attached hydrogens (tertiary/aromatic N) is 3. The lowest BCUT2D eigenvalue weighted by atomic mass is 9.82. The Morgan fingerprint density at radius 1 is 1.03 bits per heavy atom. The molecule has 4 atom stereocenters. The number of nitrogens with one attached hydrogen (secondary N) is 2. The van der Waals surface area contributed by atoms with Gasteiger partial charge in [-0.2, -0.15) is 0 Å². The van der Waals surface area contributed by atoms with Gasteiger partial charge in [0.05, 0.1) is 13.3 Å². The maximum atomic E-state index is 14.0. The van der Waals surface area contributed by atoms with Crippen molar-refractivity contribution in [2.45, 2.75) is 91.3 Å². The summed E-state index contributed by atoms with van der Waals surface area (Å²) >= 11 is 0. The first-order valence-electron chi connectivity index (χ1n) is 13.7. The van der Waals surface area contributed by atoms with Gasteiger partial charge < -0.3 is 20.3 Å². The topological polar surface area (TPSA) is 131 Å². The van der Waals surface area contributed by atoms with E-state index in [1.807, 2.05) is 34.6 Å². The number of methoxy groups -OCH3 is 1. The molecule has 3 rings (SSSR count). The van der Waals surface area contributed by atoms with Crippen molar-refractivity contribution in [1.82, 2.24) is 25.5 Å². The lowest BCUT2D eigenvalue weighted by Crippen LogP contribution is -2.61. The smallest absolute Gasteiger partial charge is 0.328 e. The van der Waals surface area contributed by atoms with Crippen molar-refractivity contribution in [2.24, 2.45) is 23.2 Å². The average molecular weight is 530 g/mol. The highest BCUT2D eigenvalue weighted by molar-refractivity contribution is 5.97. The molecule has 0 aromatic carbocycles. The van der Waals surface area contributed by atoms with Crippen molar-refractivity contribution in [3.63, 3.8) is 0 Å². The summed E-state index contributed by atoms with van der Waals surface area (Å²) in [5, 5.41) is 5.85. The van der Waals surface area contributed by atoms with Crippen molar-refractivity contribution in [2.75, 3.05) is 13.7 Å². The van der Waals surface area contributed by atoms with Crippen LogP contribution in [-0.4, -0.2) is 70.3 Å². The Hall–Kier alpha value is -3.04. The van der Waals surface area contributed by atoms with Gasteiger partial charge in [-0.3, -0.25) is 19.4 Å². The standard InChI is InChI=1S/C28H43N5O5/c1-17(2)19-12-15-33(22(19)27(37)38-6)26(36)23(28(3,4)5)32-25(35)21(18-10-8-7-9-11-18)31-24(34)20-16-29-13-14-30-20/h13-14,16-19,21-23H,7-12,15H2,1-6H3,(H,31,34)(H,32,35)/t19-,21+,22+,23-/m1/s1. The van der Waals surface area contributed by atoms with E-state index in [4.69, 9.17) is 4.74 Å². The van der Waals surface area contributed by atoms with Gasteiger partial charge in [0.25, 0.3) is 5.91 Å². The molecule has 0 spiro atoms. The Kier molecular flexibility index (Phi) is 9.84. The Morgan fingerprint density at radius 3 is 2.26 bits per heavy atom. The zero-order valence-electron chi connectivity index (χ0n) is 23.5. The molecule has 0 radical (unpaired) electrons. The molecule has 1 aliphatic heterocycles. The van der Waals surface area contributed by atoms with E-state index in [1.54, 1.807) is 4.90 Å². The second kappa shape index (κ2) is 12.7. The number of carbonyl (C=O) groups excluding carboxylic acids is 4. The number of aromatic nitrogens is 2. The van der Waals surface area contributed by atoms with Crippen molar-refractivity contribution in [3.05, 3.63) is 24.3 Å². The lowest BCUT2D eigenvalue weighted by Gasteiger charge is -2.38. The molecule has 2 heterocycles. The monoisotopic (exact) mass is 529 g/mol. The van der Waals surface area contributed by atoms with E-state index in [0.29, 0.717) is 13.0 Å². The van der Waals surface area contributed by atoms with E-state index in [-0.39, 0.29) is 29.4 Å². The molecular weight excluding hydrogens is 486 g/mol. The highest BCUT2D eigenvalue weighted by Gasteiger charge is 2.48. The third kappa shape index (κ3) is 6.88. The lowest BCUT2D eigenvalue weighted by molar-refractivity contribution is -0.155. The summed E-state index contributed by atoms with van der Waals surface area (Å²) in [6, 6.07) is -2.41. The van der Waals surface area contributed by atoms with Crippen LogP contribution in [0.4, 0.5) is 0 Å². The van der Waals surface area contributed by atoms with Crippen LogP contribution < -0.4 is 10.6 Å². The number of hydrogen-bond acceptors (Lipinski definition) is 7. The number of amides is 3. The van der Waals surface area contributed by atoms with Crippen LogP contribution in [-0.2, 0) is 19.1 Å². The summed E-state index contributed by atoms with van der Waals surface area (Å²) in [4.78, 5) is 63.1. The molecule has 1 aliphatic carbocycles. The Balaban J connectivity index is 1.86. The minimum atomic E-state index is -0.896. The summed E-state index contributed by atoms with van der Waals surface area (Å²) < 4.78 is 5.07. The van der Waals surface area contributed by atoms with Gasteiger partial charge >= 0.3 is 5.97 Å². The molecule has 0 bridgehead atoms. The van der Waals surface area contributed by atoms with Crippen LogP contribution in [0.2, 0.25) is 0 Å². The van der Waals surface area contributed by atoms with E-state index in [2.05, 4.69) is 20.6 Å². The van der Waals surface area contributed by atoms with E-state index in [1.165, 1.54) is 25.7 Å². The maximum Gasteiger partial charge on any atom is 0.328 e. The third-order valence-electron chi connectivity index (χ3n) is 7.91. The number of ether oxygens (including phenoxy) is 1. The molecule has 38 heavy (non-hydrogen) atoms. The maximum absolute atomic E-state index is 14.0. The molecule has 3 amide bonds. The predicted octanol–water partition coefficient (Wildman–Crippen LogP) is 2.73. The molecule has 210 valence electrons. The molecule has 1 aromatic heterocycles. The van der Waals surface area contributed by atoms with E-state index < -0.39 is 41.3 Å². The van der Waals surface area contributed by atoms with Gasteiger partial charge in [-0.05, 0) is 42.4 Å². The summed E-state index contributed by atoms with van der Waals surface area (Å²) in [7, 11) is 1.33. The molecule has 10 nitrogen and oxygen atoms in total. The summed E-state index contributed by atoms with van der Waals surface area (Å²) in [5.41, 5.74) is -0.516. The first-order valence-corrected chi connectivity index (χ1v) is 13.7. The van der Waals surface area contributed by atoms with Crippen LogP contribution >= 0.6 is 0 Å². The molecule has 1 saturated heterocycles. The van der Waals surface area contributed by atoms with Gasteiger partial charge in [-0.1, -0.05) is 53.9 Å². The number of esters is 1. The fourth-order valence-electron chi connectivity index (χ4n) is 5.73. The first-order chi connectivity index (χ1) is 18.0. The minimum Gasteiger partial charge on any atom is -0.467 e. The second-order valence-electron chi connectivity index (χ2n) is 11.9. The molecule has 2 aliphatic rings. The number of hydrogen-bond donors (Lipinski definition) is 2. The molecule has 0 unspecified atom stereocenters. The molecule has 1 aromatic rings. The van der Waals surface area contributed by atoms with Gasteiger partial charge in [0.2, 0.25) is 11.8 Å². The van der Waals surface area contributed by atoms with Gasteiger partial charge in [-0.25, -0.2) is 9.78 Å². The predicted molar refractivity (Wildman–Crippen MR) is 142 cm³/mol. The number of rotatable bonds is 8. The zero-order valence-corrected chi connectivity index (χ0v) is 23.5. The van der Waals surface area contributed by atoms with Crippen molar-refractivity contribution < 1.29 is 23.9 Å². The molecule has 2 N–H and O–H groups in total. The van der Waals surface area contributed by atoms with Gasteiger partial charge in [0, 0.05) is 18.9 Å². The normalized spacial score (nSPS) is 22.0. The van der Waals surface area contributed by atoms with Crippen molar-refractivity contribution in [3.8, 4) is 0 Å². The van der Waals surface area contributed by atoms with E-state index >= 15 is 0 Å². The van der Waals surface area contributed by atoms with Crippen molar-refractivity contribution >= 4 is 23.7 Å². The Morgan fingerprint density at radius 2 is 1.71 bits per heavy atom. The van der Waals surface area contributed by atoms with E-state index in [0.717, 1.165) is 32.1 Å². The highest BCUT2D eigenvalue weighted by atomic mass is 16.5. The van der Waals surface area contributed by atoms with Gasteiger partial charge in [-0.15, -0.1) is 0 Å². The summed E-state index contributed by atoms with van der Waals surface area (Å²) in [6.07, 6.45) is 9.60. The number of likely N-dealkylation sites (tertiary alicyclic amines) is 1. The average Bonchev–Trinajstić information content (AvgIpc) is 3.35. The minimum absolute atomic E-state index is 0.0241. The van der Waals surface area contributed by atoms with Crippen molar-refractivity contribution in [1.29, 1.82) is 0 Å². The van der Waals surface area contributed by atoms with Gasteiger partial charge in [0.15, 0.2) is 0 Å². The SMILES string of the molecule is COC(=O)[C@@H]1[C@@H](C(C)C)CCN1C(=O)[C@@H](NC(=O)[C@@H](NC(=O)c1cnccn1)C1CCCCC1)C(C)(C)C. The molecular formula is C28H43N5O5. The Bertz CT molecular complexity index is 987. The van der Waals surface area contributed by atoms with Crippen LogP contribution in [0.3, 0.4) is 0 Å². The molecule has 10 heteroatoms. The first kappa shape index (κ1) is 29.5. The quantitative estimate of drug-likeness (QED) is 0.495. The van der Waals surface area contributed by atoms with Crippen LogP contribution in [0.1, 0.15) is 83.6 Å². The van der Waals surface area contributed by atoms with Gasteiger partial charge in [0.1, 0.15) is 23.8 Å². The third-order valence-corrected chi connectivity index (χ3v) is 7.91. The van der Waals surface area contributed by atoms with Crippen LogP contribution in [0.15, 0.2) is 18.6 Å². The fourth-order valence-corrected chi connectivity index (χ4v) is 5.73. The van der Waals surface area contributed by atoms with Crippen LogP contribution in [0.25, 0.3) is 0 Å². The summed E-state index contributed by atoms with van der Waals surface area (Å²) in [6.45, 7) is 10.1. The number of carbonyl (C=O) groups is 4. The van der Waals surface area contributed by atoms with Crippen LogP contribution in [0, 0.1) is 23.2 Å². The zero-order chi connectivity index (χ0) is 28.0. The Labute approximate surface area is 225 Å². The molecule has 2 fully saturated rings.